The Morgan fingerprint density at radius 2 is 1.95 bits per heavy atom. The molecule has 3 heteroatoms. The van der Waals surface area contributed by atoms with Crippen LogP contribution in [0.3, 0.4) is 0 Å². The molecule has 0 N–H and O–H groups in total. The number of piperazine rings is 1. The lowest BCUT2D eigenvalue weighted by Gasteiger charge is -2.40. The molecule has 0 amide bonds. The van der Waals surface area contributed by atoms with Gasteiger partial charge in [0.2, 0.25) is 0 Å². The Hall–Kier alpha value is -0.990. The van der Waals surface area contributed by atoms with Crippen LogP contribution in [0.5, 0.6) is 0 Å². The number of hydrogen-bond acceptors (Lipinski definition) is 2. The van der Waals surface area contributed by atoms with Crippen molar-refractivity contribution in [3.8, 4) is 0 Å². The molecule has 2 nitrogen and oxygen atoms in total. The molecule has 0 spiro atoms. The first-order valence-corrected chi connectivity index (χ1v) is 7.62. The Labute approximate surface area is 120 Å². The van der Waals surface area contributed by atoms with Crippen molar-refractivity contribution in [3.05, 3.63) is 41.4 Å². The van der Waals surface area contributed by atoms with E-state index in [0.717, 1.165) is 31.2 Å². The Bertz CT molecular complexity index is 450. The predicted molar refractivity (Wildman–Crippen MR) is 82.0 cm³/mol. The second-order valence-electron chi connectivity index (χ2n) is 5.43. The average molecular weight is 277 g/mol. The highest BCUT2D eigenvalue weighted by atomic mass is 35.5. The van der Waals surface area contributed by atoms with Gasteiger partial charge in [0, 0.05) is 42.9 Å². The number of halogens is 1. The number of allylic oxidation sites excluding steroid dienone is 1. The lowest BCUT2D eigenvalue weighted by Crippen LogP contribution is -2.50. The van der Waals surface area contributed by atoms with Crippen LogP contribution >= 0.6 is 11.6 Å². The lowest BCUT2D eigenvalue weighted by atomic mass is 10.0. The molecule has 2 aliphatic rings. The van der Waals surface area contributed by atoms with E-state index in [-0.39, 0.29) is 0 Å². The first-order valence-electron chi connectivity index (χ1n) is 7.24. The van der Waals surface area contributed by atoms with Gasteiger partial charge < -0.3 is 4.90 Å². The Kier molecular flexibility index (Phi) is 4.09. The van der Waals surface area contributed by atoms with Crippen LogP contribution in [0.1, 0.15) is 19.3 Å². The molecule has 0 radical (unpaired) electrons. The number of anilines is 1. The number of rotatable bonds is 2. The molecule has 1 aliphatic carbocycles. The molecular formula is C16H21ClN2. The van der Waals surface area contributed by atoms with Gasteiger partial charge in [-0.05, 0) is 37.5 Å². The average Bonchev–Trinajstić information content (AvgIpc) is 2.48. The number of benzene rings is 1. The van der Waals surface area contributed by atoms with Crippen molar-refractivity contribution >= 4 is 17.3 Å². The van der Waals surface area contributed by atoms with E-state index in [1.807, 2.05) is 12.1 Å². The van der Waals surface area contributed by atoms with E-state index in [1.54, 1.807) is 0 Å². The molecule has 1 saturated heterocycles. The fraction of sp³-hybridized carbons (Fsp3) is 0.500. The summed E-state index contributed by atoms with van der Waals surface area (Å²) in [5.41, 5.74) is 1.26. The third kappa shape index (κ3) is 3.13. The van der Waals surface area contributed by atoms with Gasteiger partial charge in [-0.15, -0.1) is 0 Å². The first kappa shape index (κ1) is 13.0. The molecule has 1 aliphatic heterocycles. The number of hydrogen-bond donors (Lipinski definition) is 0. The van der Waals surface area contributed by atoms with E-state index < -0.39 is 0 Å². The highest BCUT2D eigenvalue weighted by molar-refractivity contribution is 6.30. The van der Waals surface area contributed by atoms with Crippen LogP contribution in [0, 0.1) is 0 Å². The minimum absolute atomic E-state index is 0.676. The summed E-state index contributed by atoms with van der Waals surface area (Å²) in [6.07, 6.45) is 8.68. The highest BCUT2D eigenvalue weighted by Crippen LogP contribution is 2.23. The van der Waals surface area contributed by atoms with Crippen molar-refractivity contribution in [3.63, 3.8) is 0 Å². The Morgan fingerprint density at radius 1 is 1.11 bits per heavy atom. The minimum atomic E-state index is 0.676. The SMILES string of the molecule is Clc1cccc(N2CCN(C3C=CCCC3)CC2)c1. The summed E-state index contributed by atoms with van der Waals surface area (Å²) in [6, 6.07) is 8.87. The van der Waals surface area contributed by atoms with Crippen molar-refractivity contribution in [2.75, 3.05) is 31.1 Å². The zero-order valence-corrected chi connectivity index (χ0v) is 12.0. The molecule has 1 aromatic carbocycles. The van der Waals surface area contributed by atoms with Crippen LogP contribution in [-0.2, 0) is 0 Å². The maximum Gasteiger partial charge on any atom is 0.0426 e. The quantitative estimate of drug-likeness (QED) is 0.762. The van der Waals surface area contributed by atoms with Gasteiger partial charge in [0.15, 0.2) is 0 Å². The van der Waals surface area contributed by atoms with E-state index in [9.17, 15) is 0 Å². The Balaban J connectivity index is 1.60. The molecule has 1 unspecified atom stereocenters. The summed E-state index contributed by atoms with van der Waals surface area (Å²) in [4.78, 5) is 5.06. The standard InChI is InChI=1S/C16H21ClN2/c17-14-5-4-8-16(13-14)19-11-9-18(10-12-19)15-6-2-1-3-7-15/h2,4-6,8,13,15H,1,3,7,9-12H2. The smallest absolute Gasteiger partial charge is 0.0426 e. The number of nitrogens with zero attached hydrogens (tertiary/aromatic N) is 2. The zero-order chi connectivity index (χ0) is 13.1. The van der Waals surface area contributed by atoms with Crippen molar-refractivity contribution < 1.29 is 0 Å². The molecule has 0 saturated carbocycles. The topological polar surface area (TPSA) is 6.48 Å². The normalized spacial score (nSPS) is 24.7. The lowest BCUT2D eigenvalue weighted by molar-refractivity contribution is 0.202. The van der Waals surface area contributed by atoms with Gasteiger partial charge in [-0.25, -0.2) is 0 Å². The van der Waals surface area contributed by atoms with E-state index in [1.165, 1.54) is 24.9 Å². The van der Waals surface area contributed by atoms with Crippen molar-refractivity contribution in [1.82, 2.24) is 4.90 Å². The molecule has 3 rings (SSSR count). The second kappa shape index (κ2) is 5.98. The second-order valence-corrected chi connectivity index (χ2v) is 5.87. The highest BCUT2D eigenvalue weighted by Gasteiger charge is 2.23. The summed E-state index contributed by atoms with van der Waals surface area (Å²) < 4.78 is 0. The summed E-state index contributed by atoms with van der Waals surface area (Å²) in [5.74, 6) is 0. The summed E-state index contributed by atoms with van der Waals surface area (Å²) in [5, 5.41) is 0.829. The van der Waals surface area contributed by atoms with Crippen LogP contribution in [0.25, 0.3) is 0 Å². The van der Waals surface area contributed by atoms with Gasteiger partial charge in [0.25, 0.3) is 0 Å². The molecule has 1 heterocycles. The van der Waals surface area contributed by atoms with Gasteiger partial charge in [-0.2, -0.15) is 0 Å². The first-order chi connectivity index (χ1) is 9.33. The third-order valence-electron chi connectivity index (χ3n) is 4.19. The zero-order valence-electron chi connectivity index (χ0n) is 11.3. The van der Waals surface area contributed by atoms with Gasteiger partial charge in [-0.3, -0.25) is 4.90 Å². The van der Waals surface area contributed by atoms with Gasteiger partial charge in [0.05, 0.1) is 0 Å². The summed E-state index contributed by atoms with van der Waals surface area (Å²) >= 11 is 6.07. The largest absolute Gasteiger partial charge is 0.369 e. The van der Waals surface area contributed by atoms with E-state index >= 15 is 0 Å². The van der Waals surface area contributed by atoms with E-state index in [4.69, 9.17) is 11.6 Å². The van der Waals surface area contributed by atoms with Gasteiger partial charge in [0.1, 0.15) is 0 Å². The van der Waals surface area contributed by atoms with E-state index in [0.29, 0.717) is 6.04 Å². The molecule has 0 bridgehead atoms. The van der Waals surface area contributed by atoms with E-state index in [2.05, 4.69) is 34.1 Å². The molecule has 1 fully saturated rings. The van der Waals surface area contributed by atoms with Crippen molar-refractivity contribution in [1.29, 1.82) is 0 Å². The molecule has 0 aromatic heterocycles. The monoisotopic (exact) mass is 276 g/mol. The maximum absolute atomic E-state index is 6.07. The molecule has 102 valence electrons. The van der Waals surface area contributed by atoms with Crippen molar-refractivity contribution in [2.24, 2.45) is 0 Å². The molecule has 19 heavy (non-hydrogen) atoms. The summed E-state index contributed by atoms with van der Waals surface area (Å²) in [6.45, 7) is 4.51. The fourth-order valence-electron chi connectivity index (χ4n) is 3.08. The van der Waals surface area contributed by atoms with Crippen molar-refractivity contribution in [2.45, 2.75) is 25.3 Å². The maximum atomic E-state index is 6.07. The Morgan fingerprint density at radius 3 is 2.63 bits per heavy atom. The fourth-order valence-corrected chi connectivity index (χ4v) is 3.27. The minimum Gasteiger partial charge on any atom is -0.369 e. The van der Waals surface area contributed by atoms with Crippen LogP contribution in [0.2, 0.25) is 5.02 Å². The third-order valence-corrected chi connectivity index (χ3v) is 4.42. The summed E-state index contributed by atoms with van der Waals surface area (Å²) in [7, 11) is 0. The molecule has 1 atom stereocenters. The van der Waals surface area contributed by atoms with Crippen LogP contribution in [0.4, 0.5) is 5.69 Å². The van der Waals surface area contributed by atoms with Crippen LogP contribution < -0.4 is 4.90 Å². The van der Waals surface area contributed by atoms with Gasteiger partial charge in [-0.1, -0.05) is 29.8 Å². The molecule has 1 aromatic rings. The predicted octanol–water partition coefficient (Wildman–Crippen LogP) is 3.57. The van der Waals surface area contributed by atoms with Crippen LogP contribution in [0.15, 0.2) is 36.4 Å². The molecular weight excluding hydrogens is 256 g/mol. The van der Waals surface area contributed by atoms with Crippen LogP contribution in [-0.4, -0.2) is 37.1 Å². The van der Waals surface area contributed by atoms with Gasteiger partial charge >= 0.3 is 0 Å².